The molecule has 0 bridgehead atoms. The summed E-state index contributed by atoms with van der Waals surface area (Å²) in [5, 5.41) is 0. The third kappa shape index (κ3) is 2.88. The van der Waals surface area contributed by atoms with E-state index in [9.17, 15) is 18.0 Å². The van der Waals surface area contributed by atoms with Crippen molar-refractivity contribution in [3.63, 3.8) is 0 Å². The van der Waals surface area contributed by atoms with Crippen LogP contribution in [0.15, 0.2) is 6.07 Å². The van der Waals surface area contributed by atoms with Crippen molar-refractivity contribution in [1.29, 1.82) is 0 Å². The van der Waals surface area contributed by atoms with Crippen LogP contribution in [0.4, 0.5) is 13.2 Å². The van der Waals surface area contributed by atoms with Gasteiger partial charge in [0.15, 0.2) is 5.82 Å². The predicted octanol–water partition coefficient (Wildman–Crippen LogP) is 2.92. The van der Waals surface area contributed by atoms with Crippen LogP contribution < -0.4 is 5.73 Å². The van der Waals surface area contributed by atoms with Crippen molar-refractivity contribution in [2.75, 3.05) is 0 Å². The topological polar surface area (TPSA) is 56.0 Å². The van der Waals surface area contributed by atoms with Crippen LogP contribution in [-0.4, -0.2) is 16.8 Å². The van der Waals surface area contributed by atoms with Crippen LogP contribution in [0.3, 0.4) is 0 Å². The monoisotopic (exact) mass is 272 g/mol. The second-order valence-corrected chi connectivity index (χ2v) is 4.99. The van der Waals surface area contributed by atoms with Gasteiger partial charge >= 0.3 is 0 Å². The zero-order chi connectivity index (χ0) is 14.2. The number of amides is 1. The number of carbonyl (C=O) groups excluding carboxylic acids is 1. The Hall–Kier alpha value is -1.59. The zero-order valence-electron chi connectivity index (χ0n) is 10.5. The number of nitrogens with zero attached hydrogens (tertiary/aromatic N) is 1. The van der Waals surface area contributed by atoms with E-state index in [4.69, 9.17) is 5.73 Å². The Labute approximate surface area is 109 Å². The summed E-state index contributed by atoms with van der Waals surface area (Å²) in [7, 11) is 0. The Morgan fingerprint density at radius 3 is 2.53 bits per heavy atom. The van der Waals surface area contributed by atoms with Gasteiger partial charge in [0.05, 0.1) is 11.3 Å². The first-order chi connectivity index (χ1) is 8.80. The molecule has 2 rings (SSSR count). The molecule has 1 fully saturated rings. The molecule has 1 heterocycles. The Balaban J connectivity index is 2.29. The van der Waals surface area contributed by atoms with E-state index < -0.39 is 17.6 Å². The molecule has 0 unspecified atom stereocenters. The van der Waals surface area contributed by atoms with Gasteiger partial charge in [0, 0.05) is 24.5 Å². The quantitative estimate of drug-likeness (QED) is 0.900. The first-order valence-electron chi connectivity index (χ1n) is 6.15. The van der Waals surface area contributed by atoms with E-state index in [-0.39, 0.29) is 42.9 Å². The SMILES string of the molecule is Cc1nc(C2CCC(F)(F)CC2)cc(C(N)=O)c1F. The maximum absolute atomic E-state index is 13.6. The molecule has 0 radical (unpaired) electrons. The minimum absolute atomic E-state index is 0.0728. The number of hydrogen-bond acceptors (Lipinski definition) is 2. The maximum Gasteiger partial charge on any atom is 0.251 e. The molecule has 1 aromatic rings. The number of nitrogens with two attached hydrogens (primary N) is 1. The van der Waals surface area contributed by atoms with Gasteiger partial charge in [0.1, 0.15) is 0 Å². The van der Waals surface area contributed by atoms with Crippen molar-refractivity contribution >= 4 is 5.91 Å². The third-order valence-electron chi connectivity index (χ3n) is 3.54. The molecule has 19 heavy (non-hydrogen) atoms. The fraction of sp³-hybridized carbons (Fsp3) is 0.538. The Morgan fingerprint density at radius 1 is 1.42 bits per heavy atom. The second-order valence-electron chi connectivity index (χ2n) is 4.99. The summed E-state index contributed by atoms with van der Waals surface area (Å²) in [5.74, 6) is -4.40. The first kappa shape index (κ1) is 13.8. The van der Waals surface area contributed by atoms with Crippen molar-refractivity contribution in [2.24, 2.45) is 5.73 Å². The summed E-state index contributed by atoms with van der Waals surface area (Å²) < 4.78 is 39.8. The summed E-state index contributed by atoms with van der Waals surface area (Å²) in [6.07, 6.45) is 0.149. The van der Waals surface area contributed by atoms with Crippen molar-refractivity contribution in [3.8, 4) is 0 Å². The molecule has 1 aliphatic carbocycles. The van der Waals surface area contributed by atoms with Crippen molar-refractivity contribution in [1.82, 2.24) is 4.98 Å². The molecule has 0 saturated heterocycles. The number of alkyl halides is 2. The molecule has 2 N–H and O–H groups in total. The number of pyridine rings is 1. The number of aryl methyl sites for hydroxylation is 1. The van der Waals surface area contributed by atoms with Crippen LogP contribution in [0.25, 0.3) is 0 Å². The van der Waals surface area contributed by atoms with Crippen LogP contribution in [-0.2, 0) is 0 Å². The van der Waals surface area contributed by atoms with Gasteiger partial charge in [0.2, 0.25) is 5.92 Å². The molecule has 1 saturated carbocycles. The molecule has 3 nitrogen and oxygen atoms in total. The highest BCUT2D eigenvalue weighted by molar-refractivity contribution is 5.93. The Bertz CT molecular complexity index is 507. The van der Waals surface area contributed by atoms with Gasteiger partial charge in [-0.2, -0.15) is 0 Å². The summed E-state index contributed by atoms with van der Waals surface area (Å²) in [6, 6.07) is 1.29. The largest absolute Gasteiger partial charge is 0.366 e. The van der Waals surface area contributed by atoms with Crippen LogP contribution in [0.2, 0.25) is 0 Å². The average Bonchev–Trinajstić information content (AvgIpc) is 2.32. The summed E-state index contributed by atoms with van der Waals surface area (Å²) in [6.45, 7) is 1.43. The molecule has 104 valence electrons. The fourth-order valence-corrected chi connectivity index (χ4v) is 2.41. The summed E-state index contributed by atoms with van der Waals surface area (Å²) >= 11 is 0. The molecule has 6 heteroatoms. The van der Waals surface area contributed by atoms with Crippen LogP contribution >= 0.6 is 0 Å². The van der Waals surface area contributed by atoms with Gasteiger partial charge < -0.3 is 5.73 Å². The fourth-order valence-electron chi connectivity index (χ4n) is 2.41. The lowest BCUT2D eigenvalue weighted by atomic mass is 9.84. The summed E-state index contributed by atoms with van der Waals surface area (Å²) in [4.78, 5) is 15.2. The maximum atomic E-state index is 13.6. The van der Waals surface area contributed by atoms with Gasteiger partial charge in [-0.15, -0.1) is 0 Å². The minimum atomic E-state index is -2.63. The number of carbonyl (C=O) groups is 1. The van der Waals surface area contributed by atoms with E-state index in [0.717, 1.165) is 0 Å². The van der Waals surface area contributed by atoms with E-state index in [1.54, 1.807) is 0 Å². The van der Waals surface area contributed by atoms with Crippen LogP contribution in [0, 0.1) is 12.7 Å². The van der Waals surface area contributed by atoms with Crippen LogP contribution in [0.1, 0.15) is 53.3 Å². The second kappa shape index (κ2) is 4.83. The molecule has 1 aromatic heterocycles. The molecule has 1 amide bonds. The molecule has 0 atom stereocenters. The molecule has 0 aromatic carbocycles. The van der Waals surface area contributed by atoms with Crippen LogP contribution in [0.5, 0.6) is 0 Å². The Kier molecular flexibility index (Phi) is 3.52. The molecule has 0 aliphatic heterocycles. The van der Waals surface area contributed by atoms with E-state index in [0.29, 0.717) is 5.69 Å². The Morgan fingerprint density at radius 2 is 2.00 bits per heavy atom. The highest BCUT2D eigenvalue weighted by atomic mass is 19.3. The predicted molar refractivity (Wildman–Crippen MR) is 63.6 cm³/mol. The van der Waals surface area contributed by atoms with Gasteiger partial charge in [-0.1, -0.05) is 0 Å². The number of aromatic nitrogens is 1. The number of rotatable bonds is 2. The first-order valence-corrected chi connectivity index (χ1v) is 6.15. The van der Waals surface area contributed by atoms with E-state index >= 15 is 0 Å². The number of primary amides is 1. The van der Waals surface area contributed by atoms with Gasteiger partial charge in [-0.3, -0.25) is 9.78 Å². The highest BCUT2D eigenvalue weighted by Crippen LogP contribution is 2.40. The molecular formula is C13H15F3N2O. The molecule has 0 spiro atoms. The highest BCUT2D eigenvalue weighted by Gasteiger charge is 2.36. The van der Waals surface area contributed by atoms with E-state index in [2.05, 4.69) is 4.98 Å². The standard InChI is InChI=1S/C13H15F3N2O/c1-7-11(14)9(12(17)19)6-10(18-7)8-2-4-13(15,16)5-3-8/h6,8H,2-5H2,1H3,(H2,17,19). The van der Waals surface area contributed by atoms with E-state index in [1.165, 1.54) is 13.0 Å². The number of hydrogen-bond donors (Lipinski definition) is 1. The normalized spacial score (nSPS) is 19.4. The van der Waals surface area contributed by atoms with E-state index in [1.807, 2.05) is 0 Å². The average molecular weight is 272 g/mol. The zero-order valence-corrected chi connectivity index (χ0v) is 10.5. The molecular weight excluding hydrogens is 257 g/mol. The minimum Gasteiger partial charge on any atom is -0.366 e. The lowest BCUT2D eigenvalue weighted by Crippen LogP contribution is -2.25. The van der Waals surface area contributed by atoms with Gasteiger partial charge in [-0.25, -0.2) is 13.2 Å². The smallest absolute Gasteiger partial charge is 0.251 e. The van der Waals surface area contributed by atoms with Crippen molar-refractivity contribution in [3.05, 3.63) is 28.8 Å². The molecule has 1 aliphatic rings. The third-order valence-corrected chi connectivity index (χ3v) is 3.54. The lowest BCUT2D eigenvalue weighted by molar-refractivity contribution is -0.0385. The van der Waals surface area contributed by atoms with Gasteiger partial charge in [-0.05, 0) is 25.8 Å². The van der Waals surface area contributed by atoms with Gasteiger partial charge in [0.25, 0.3) is 5.91 Å². The summed E-state index contributed by atoms with van der Waals surface area (Å²) in [5.41, 5.74) is 5.42. The van der Waals surface area contributed by atoms with Crippen molar-refractivity contribution in [2.45, 2.75) is 44.4 Å². The number of halogens is 3. The van der Waals surface area contributed by atoms with Crippen molar-refractivity contribution < 1.29 is 18.0 Å². The lowest BCUT2D eigenvalue weighted by Gasteiger charge is -2.28.